The number of phenols is 1. The third-order valence-corrected chi connectivity index (χ3v) is 10.3. The molecule has 0 aliphatic heterocycles. The van der Waals surface area contributed by atoms with Crippen LogP contribution < -0.4 is 10.2 Å². The molecular weight excluding hydrogens is 601 g/mol. The van der Waals surface area contributed by atoms with Crippen LogP contribution >= 0.6 is 11.3 Å². The minimum Gasteiger partial charge on any atom is -0.508 e. The van der Waals surface area contributed by atoms with Gasteiger partial charge < -0.3 is 15.5 Å². The Morgan fingerprint density at radius 1 is 1.02 bits per heavy atom. The van der Waals surface area contributed by atoms with Gasteiger partial charge in [0.15, 0.2) is 5.13 Å². The summed E-state index contributed by atoms with van der Waals surface area (Å²) in [6, 6.07) is 17.7. The molecule has 3 aromatic carbocycles. The first-order valence-corrected chi connectivity index (χ1v) is 16.5. The van der Waals surface area contributed by atoms with E-state index in [1.807, 2.05) is 44.2 Å². The molecule has 0 spiro atoms. The summed E-state index contributed by atoms with van der Waals surface area (Å²) in [5, 5.41) is 25.0. The average molecular weight is 639 g/mol. The number of nitrogens with zero attached hydrogens (tertiary/aromatic N) is 3. The number of thiazole rings is 1. The molecule has 1 heterocycles. The highest BCUT2D eigenvalue weighted by atomic mass is 32.2. The molecule has 0 bridgehead atoms. The number of aliphatic hydroxyl groups excluding tert-OH is 1. The van der Waals surface area contributed by atoms with Crippen LogP contribution in [-0.4, -0.2) is 72.0 Å². The fourth-order valence-corrected chi connectivity index (χ4v) is 7.49. The Balaban J connectivity index is 1.65. The number of nitrogens with one attached hydrogen (secondary N) is 1. The quantitative estimate of drug-likeness (QED) is 0.210. The number of carbonyl (C=O) groups is 2. The van der Waals surface area contributed by atoms with Gasteiger partial charge in [0.1, 0.15) is 5.75 Å². The minimum absolute atomic E-state index is 0.0232. The van der Waals surface area contributed by atoms with E-state index >= 15 is 0 Å². The van der Waals surface area contributed by atoms with E-state index in [4.69, 9.17) is 0 Å². The second-order valence-corrected chi connectivity index (χ2v) is 14.2. The van der Waals surface area contributed by atoms with Gasteiger partial charge in [-0.2, -0.15) is 4.31 Å². The van der Waals surface area contributed by atoms with Crippen LogP contribution in [0.5, 0.6) is 5.75 Å². The Morgan fingerprint density at radius 2 is 1.73 bits per heavy atom. The summed E-state index contributed by atoms with van der Waals surface area (Å²) in [6.07, 6.45) is -1.02. The summed E-state index contributed by atoms with van der Waals surface area (Å²) < 4.78 is 29.9. The molecule has 2 amide bonds. The first-order chi connectivity index (χ1) is 20.8. The van der Waals surface area contributed by atoms with E-state index in [9.17, 15) is 28.2 Å². The number of benzene rings is 3. The van der Waals surface area contributed by atoms with Crippen molar-refractivity contribution in [1.82, 2.24) is 14.6 Å². The molecule has 3 N–H and O–H groups in total. The van der Waals surface area contributed by atoms with E-state index in [0.29, 0.717) is 20.9 Å². The first kappa shape index (κ1) is 33.1. The van der Waals surface area contributed by atoms with Gasteiger partial charge in [-0.15, -0.1) is 0 Å². The first-order valence-electron chi connectivity index (χ1n) is 14.2. The molecule has 4 rings (SSSR count). The predicted molar refractivity (Wildman–Crippen MR) is 173 cm³/mol. The molecule has 10 nitrogen and oxygen atoms in total. The van der Waals surface area contributed by atoms with Crippen molar-refractivity contribution in [2.45, 2.75) is 51.2 Å². The van der Waals surface area contributed by atoms with Gasteiger partial charge in [0.05, 0.1) is 27.3 Å². The van der Waals surface area contributed by atoms with E-state index in [0.717, 1.165) is 5.56 Å². The van der Waals surface area contributed by atoms with E-state index in [-0.39, 0.29) is 47.5 Å². The summed E-state index contributed by atoms with van der Waals surface area (Å²) in [6.45, 7) is 6.70. The van der Waals surface area contributed by atoms with Crippen LogP contribution in [0.3, 0.4) is 0 Å². The number of anilines is 1. The molecule has 0 saturated heterocycles. The average Bonchev–Trinajstić information content (AvgIpc) is 3.41. The summed E-state index contributed by atoms with van der Waals surface area (Å²) >= 11 is 1.21. The lowest BCUT2D eigenvalue weighted by Gasteiger charge is -2.31. The monoisotopic (exact) mass is 638 g/mol. The van der Waals surface area contributed by atoms with Gasteiger partial charge in [0.2, 0.25) is 15.9 Å². The Kier molecular flexibility index (Phi) is 10.4. The zero-order chi connectivity index (χ0) is 32.2. The van der Waals surface area contributed by atoms with Crippen molar-refractivity contribution in [2.24, 2.45) is 5.92 Å². The maximum Gasteiger partial charge on any atom is 0.252 e. The van der Waals surface area contributed by atoms with Gasteiger partial charge in [-0.25, -0.2) is 13.4 Å². The van der Waals surface area contributed by atoms with Gasteiger partial charge >= 0.3 is 0 Å². The number of aromatic hydroxyl groups is 1. The molecule has 0 aliphatic carbocycles. The van der Waals surface area contributed by atoms with Crippen molar-refractivity contribution in [2.75, 3.05) is 25.0 Å². The van der Waals surface area contributed by atoms with Crippen LogP contribution in [0.1, 0.15) is 42.3 Å². The van der Waals surface area contributed by atoms with Crippen molar-refractivity contribution in [3.8, 4) is 5.75 Å². The number of sulfonamides is 1. The van der Waals surface area contributed by atoms with Gasteiger partial charge in [-0.05, 0) is 55.2 Å². The van der Waals surface area contributed by atoms with E-state index in [1.165, 1.54) is 45.7 Å². The number of phenolic OH excluding ortho intramolecular Hbond substituents is 1. The van der Waals surface area contributed by atoms with Crippen molar-refractivity contribution in [1.29, 1.82) is 0 Å². The number of carbonyl (C=O) groups excluding carboxylic acids is 2. The predicted octanol–water partition coefficient (Wildman–Crippen LogP) is 4.34. The summed E-state index contributed by atoms with van der Waals surface area (Å²) in [5.41, 5.74) is 2.08. The zero-order valence-corrected chi connectivity index (χ0v) is 27.0. The second-order valence-electron chi connectivity index (χ2n) is 11.2. The van der Waals surface area contributed by atoms with Crippen LogP contribution in [0.4, 0.5) is 5.13 Å². The van der Waals surface area contributed by atoms with Crippen LogP contribution in [0, 0.1) is 12.8 Å². The highest BCUT2D eigenvalue weighted by Gasteiger charge is 2.32. The van der Waals surface area contributed by atoms with Gasteiger partial charge in [-0.1, -0.05) is 61.6 Å². The van der Waals surface area contributed by atoms with E-state index in [1.54, 1.807) is 32.2 Å². The highest BCUT2D eigenvalue weighted by molar-refractivity contribution is 7.89. The van der Waals surface area contributed by atoms with Crippen LogP contribution in [0.25, 0.3) is 10.2 Å². The number of hydrogen-bond donors (Lipinski definition) is 3. The zero-order valence-electron chi connectivity index (χ0n) is 25.4. The molecular formula is C32H38N4O6S2. The smallest absolute Gasteiger partial charge is 0.252 e. The van der Waals surface area contributed by atoms with Gasteiger partial charge in [0.25, 0.3) is 5.91 Å². The molecule has 4 aromatic rings. The van der Waals surface area contributed by atoms with Crippen molar-refractivity contribution in [3.05, 3.63) is 83.4 Å². The Bertz CT molecular complexity index is 1740. The summed E-state index contributed by atoms with van der Waals surface area (Å²) in [7, 11) is -2.48. The number of amides is 2. The number of rotatable bonds is 12. The normalized spacial score (nSPS) is 13.3. The lowest BCUT2D eigenvalue weighted by atomic mass is 9.99. The lowest BCUT2D eigenvalue weighted by molar-refractivity contribution is -0.116. The summed E-state index contributed by atoms with van der Waals surface area (Å²) in [4.78, 5) is 31.0. The topological polar surface area (TPSA) is 140 Å². The molecule has 0 aliphatic rings. The standard InChI is InChI=1S/C32H38N4O6S2/c1-20(2)18-36(44(41,42)24-14-15-26-30(17-24)43-32(34-26)35(5)22(4)37)19-29(39)27(16-23-10-7-6-8-11-23)33-31(40)25-12-9-13-28(38)21(25)3/h6-15,17,20,27,29,38-39H,16,18-19H2,1-5H3,(H,33,40)/t27-,29+/m0/s1. The number of fused-ring (bicyclic) bond motifs is 1. The maximum absolute atomic E-state index is 14.0. The second kappa shape index (κ2) is 13.9. The molecule has 0 saturated carbocycles. The molecule has 0 radical (unpaired) electrons. The lowest BCUT2D eigenvalue weighted by Crippen LogP contribution is -2.51. The van der Waals surface area contributed by atoms with Crippen LogP contribution in [0.2, 0.25) is 0 Å². The van der Waals surface area contributed by atoms with Crippen LogP contribution in [-0.2, 0) is 21.2 Å². The molecule has 2 atom stereocenters. The number of aromatic nitrogens is 1. The molecule has 0 fully saturated rings. The minimum atomic E-state index is -4.08. The molecule has 1 aromatic heterocycles. The molecule has 234 valence electrons. The van der Waals surface area contributed by atoms with E-state index < -0.39 is 28.1 Å². The third kappa shape index (κ3) is 7.62. The Labute approximate surface area is 262 Å². The van der Waals surface area contributed by atoms with Gasteiger partial charge in [-0.3, -0.25) is 14.5 Å². The van der Waals surface area contributed by atoms with Crippen molar-refractivity contribution < 1.29 is 28.2 Å². The molecule has 12 heteroatoms. The fraction of sp³-hybridized carbons (Fsp3) is 0.344. The van der Waals surface area contributed by atoms with Crippen molar-refractivity contribution in [3.63, 3.8) is 0 Å². The highest BCUT2D eigenvalue weighted by Crippen LogP contribution is 2.31. The fourth-order valence-electron chi connectivity index (χ4n) is 4.76. The third-order valence-electron chi connectivity index (χ3n) is 7.33. The van der Waals surface area contributed by atoms with Gasteiger partial charge in [0, 0.05) is 38.2 Å². The van der Waals surface area contributed by atoms with Crippen LogP contribution in [0.15, 0.2) is 71.6 Å². The number of aliphatic hydroxyl groups is 1. The Morgan fingerprint density at radius 3 is 2.39 bits per heavy atom. The van der Waals surface area contributed by atoms with Crippen molar-refractivity contribution >= 4 is 48.5 Å². The maximum atomic E-state index is 14.0. The summed E-state index contributed by atoms with van der Waals surface area (Å²) in [5.74, 6) is -0.758. The SMILES string of the molecule is CC(=O)N(C)c1nc2ccc(S(=O)(=O)N(CC(C)C)C[C@@H](O)[C@H](Cc3ccccc3)NC(=O)c3cccc(O)c3C)cc2s1. The number of hydrogen-bond acceptors (Lipinski definition) is 8. The Hall–Kier alpha value is -3.84. The van der Waals surface area contributed by atoms with E-state index in [2.05, 4.69) is 10.3 Å². The molecule has 44 heavy (non-hydrogen) atoms. The molecule has 0 unspecified atom stereocenters. The largest absolute Gasteiger partial charge is 0.508 e.